The minimum absolute atomic E-state index is 0.723. The molecule has 0 fully saturated rings. The van der Waals surface area contributed by atoms with Crippen molar-refractivity contribution in [1.82, 2.24) is 0 Å². The standard InChI is InChI=1S/C11H8F2O2/c1-3-7(2)15-11(14)10-8(12)5-4-6-9(10)13/h1,4-7H,2H3. The van der Waals surface area contributed by atoms with E-state index in [1.807, 2.05) is 0 Å². The molecule has 15 heavy (non-hydrogen) atoms. The second-order valence-electron chi connectivity index (χ2n) is 2.81. The van der Waals surface area contributed by atoms with E-state index in [0.717, 1.165) is 18.2 Å². The molecule has 0 saturated carbocycles. The SMILES string of the molecule is C#CC(C)OC(=O)c1c(F)cccc1F. The Labute approximate surface area is 85.9 Å². The van der Waals surface area contributed by atoms with Crippen LogP contribution in [0, 0.1) is 24.0 Å². The van der Waals surface area contributed by atoms with Crippen LogP contribution in [0.5, 0.6) is 0 Å². The number of rotatable bonds is 2. The predicted molar refractivity (Wildman–Crippen MR) is 50.1 cm³/mol. The van der Waals surface area contributed by atoms with Crippen LogP contribution in [0.1, 0.15) is 17.3 Å². The van der Waals surface area contributed by atoms with Crippen molar-refractivity contribution in [1.29, 1.82) is 0 Å². The minimum Gasteiger partial charge on any atom is -0.446 e. The molecule has 0 aliphatic carbocycles. The maximum absolute atomic E-state index is 13.1. The Hall–Kier alpha value is -1.89. The van der Waals surface area contributed by atoms with Crippen molar-refractivity contribution < 1.29 is 18.3 Å². The van der Waals surface area contributed by atoms with Crippen molar-refractivity contribution in [3.05, 3.63) is 35.4 Å². The molecule has 1 rings (SSSR count). The molecule has 0 bridgehead atoms. The van der Waals surface area contributed by atoms with E-state index < -0.39 is 29.3 Å². The lowest BCUT2D eigenvalue weighted by molar-refractivity contribution is 0.0427. The van der Waals surface area contributed by atoms with Crippen LogP contribution in [-0.4, -0.2) is 12.1 Å². The Kier molecular flexibility index (Phi) is 3.40. The van der Waals surface area contributed by atoms with Gasteiger partial charge in [0.1, 0.15) is 17.2 Å². The molecule has 1 aromatic carbocycles. The Balaban J connectivity index is 2.97. The molecular formula is C11H8F2O2. The van der Waals surface area contributed by atoms with E-state index in [1.54, 1.807) is 0 Å². The van der Waals surface area contributed by atoms with Gasteiger partial charge in [-0.1, -0.05) is 12.0 Å². The summed E-state index contributed by atoms with van der Waals surface area (Å²) in [6, 6.07) is 3.10. The molecule has 0 radical (unpaired) electrons. The predicted octanol–water partition coefficient (Wildman–Crippen LogP) is 2.14. The number of carbonyl (C=O) groups is 1. The molecule has 0 spiro atoms. The smallest absolute Gasteiger partial charge is 0.345 e. The number of benzene rings is 1. The summed E-state index contributed by atoms with van der Waals surface area (Å²) in [7, 11) is 0. The quantitative estimate of drug-likeness (QED) is 0.552. The fourth-order valence-electron chi connectivity index (χ4n) is 0.946. The van der Waals surface area contributed by atoms with Crippen LogP contribution in [0.3, 0.4) is 0 Å². The highest BCUT2D eigenvalue weighted by Gasteiger charge is 2.19. The van der Waals surface area contributed by atoms with Crippen molar-refractivity contribution in [2.75, 3.05) is 0 Å². The first-order chi connectivity index (χ1) is 7.06. The summed E-state index contributed by atoms with van der Waals surface area (Å²) >= 11 is 0. The second kappa shape index (κ2) is 4.56. The van der Waals surface area contributed by atoms with Crippen molar-refractivity contribution in [3.8, 4) is 12.3 Å². The monoisotopic (exact) mass is 210 g/mol. The summed E-state index contributed by atoms with van der Waals surface area (Å²) < 4.78 is 30.7. The van der Waals surface area contributed by atoms with Gasteiger partial charge in [-0.2, -0.15) is 0 Å². The first kappa shape index (κ1) is 11.2. The zero-order valence-electron chi connectivity index (χ0n) is 7.96. The molecule has 0 aromatic heterocycles. The molecular weight excluding hydrogens is 202 g/mol. The molecule has 0 aliphatic rings. The van der Waals surface area contributed by atoms with Gasteiger partial charge >= 0.3 is 5.97 Å². The van der Waals surface area contributed by atoms with Crippen LogP contribution in [0.2, 0.25) is 0 Å². The summed E-state index contributed by atoms with van der Waals surface area (Å²) in [6.07, 6.45) is 4.14. The summed E-state index contributed by atoms with van der Waals surface area (Å²) in [4.78, 5) is 11.3. The molecule has 0 saturated heterocycles. The zero-order chi connectivity index (χ0) is 11.4. The lowest BCUT2D eigenvalue weighted by Gasteiger charge is -2.08. The molecule has 0 N–H and O–H groups in total. The Morgan fingerprint density at radius 3 is 2.47 bits per heavy atom. The zero-order valence-corrected chi connectivity index (χ0v) is 7.96. The lowest BCUT2D eigenvalue weighted by atomic mass is 10.2. The Morgan fingerprint density at radius 1 is 1.47 bits per heavy atom. The molecule has 1 aromatic rings. The minimum atomic E-state index is -1.10. The third-order valence-electron chi connectivity index (χ3n) is 1.69. The van der Waals surface area contributed by atoms with E-state index in [0.29, 0.717) is 0 Å². The van der Waals surface area contributed by atoms with E-state index in [4.69, 9.17) is 6.42 Å². The summed E-state index contributed by atoms with van der Waals surface area (Å²) in [6.45, 7) is 1.43. The molecule has 2 nitrogen and oxygen atoms in total. The van der Waals surface area contributed by atoms with Gasteiger partial charge in [-0.05, 0) is 19.1 Å². The Morgan fingerprint density at radius 2 is 2.00 bits per heavy atom. The van der Waals surface area contributed by atoms with Gasteiger partial charge in [0.05, 0.1) is 0 Å². The number of ether oxygens (including phenoxy) is 1. The average Bonchev–Trinajstić information content (AvgIpc) is 2.17. The number of terminal acetylenes is 1. The van der Waals surface area contributed by atoms with Gasteiger partial charge < -0.3 is 4.74 Å². The number of esters is 1. The van der Waals surface area contributed by atoms with Crippen molar-refractivity contribution in [2.24, 2.45) is 0 Å². The molecule has 0 heterocycles. The van der Waals surface area contributed by atoms with Crippen molar-refractivity contribution in [3.63, 3.8) is 0 Å². The Bertz CT molecular complexity index is 401. The topological polar surface area (TPSA) is 26.3 Å². The summed E-state index contributed by atoms with van der Waals surface area (Å²) in [5.74, 6) is -0.921. The fourth-order valence-corrected chi connectivity index (χ4v) is 0.946. The highest BCUT2D eigenvalue weighted by Crippen LogP contribution is 2.13. The first-order valence-corrected chi connectivity index (χ1v) is 4.17. The molecule has 1 atom stereocenters. The van der Waals surface area contributed by atoms with Crippen LogP contribution in [0.15, 0.2) is 18.2 Å². The maximum Gasteiger partial charge on any atom is 0.345 e. The third-order valence-corrected chi connectivity index (χ3v) is 1.69. The second-order valence-corrected chi connectivity index (χ2v) is 2.81. The van der Waals surface area contributed by atoms with Gasteiger partial charge in [-0.15, -0.1) is 6.42 Å². The number of hydrogen-bond donors (Lipinski definition) is 0. The highest BCUT2D eigenvalue weighted by molar-refractivity contribution is 5.90. The van der Waals surface area contributed by atoms with Gasteiger partial charge in [-0.25, -0.2) is 13.6 Å². The summed E-state index contributed by atoms with van der Waals surface area (Å²) in [5, 5.41) is 0. The van der Waals surface area contributed by atoms with Crippen LogP contribution in [-0.2, 0) is 4.74 Å². The number of carbonyl (C=O) groups excluding carboxylic acids is 1. The third kappa shape index (κ3) is 2.53. The highest BCUT2D eigenvalue weighted by atomic mass is 19.1. The van der Waals surface area contributed by atoms with E-state index in [2.05, 4.69) is 10.7 Å². The van der Waals surface area contributed by atoms with Gasteiger partial charge in [0.2, 0.25) is 0 Å². The van der Waals surface area contributed by atoms with Crippen molar-refractivity contribution >= 4 is 5.97 Å². The largest absolute Gasteiger partial charge is 0.446 e. The number of hydrogen-bond acceptors (Lipinski definition) is 2. The fraction of sp³-hybridized carbons (Fsp3) is 0.182. The van der Waals surface area contributed by atoms with Gasteiger partial charge in [-0.3, -0.25) is 0 Å². The van der Waals surface area contributed by atoms with Gasteiger partial charge in [0.25, 0.3) is 0 Å². The maximum atomic E-state index is 13.1. The molecule has 78 valence electrons. The van der Waals surface area contributed by atoms with E-state index >= 15 is 0 Å². The van der Waals surface area contributed by atoms with Gasteiger partial charge in [0.15, 0.2) is 6.10 Å². The van der Waals surface area contributed by atoms with Crippen LogP contribution >= 0.6 is 0 Å². The molecule has 1 unspecified atom stereocenters. The molecule has 0 aliphatic heterocycles. The molecule has 4 heteroatoms. The number of halogens is 2. The van der Waals surface area contributed by atoms with Crippen LogP contribution in [0.25, 0.3) is 0 Å². The van der Waals surface area contributed by atoms with Crippen LogP contribution < -0.4 is 0 Å². The van der Waals surface area contributed by atoms with E-state index in [9.17, 15) is 13.6 Å². The van der Waals surface area contributed by atoms with Crippen LogP contribution in [0.4, 0.5) is 8.78 Å². The molecule has 0 amide bonds. The summed E-state index contributed by atoms with van der Waals surface area (Å²) in [5.41, 5.74) is -0.723. The van der Waals surface area contributed by atoms with E-state index in [-0.39, 0.29) is 0 Å². The normalized spacial score (nSPS) is 11.6. The van der Waals surface area contributed by atoms with Gasteiger partial charge in [0, 0.05) is 0 Å². The first-order valence-electron chi connectivity index (χ1n) is 4.17. The lowest BCUT2D eigenvalue weighted by Crippen LogP contribution is -2.15. The van der Waals surface area contributed by atoms with E-state index in [1.165, 1.54) is 6.92 Å². The van der Waals surface area contributed by atoms with Crippen molar-refractivity contribution in [2.45, 2.75) is 13.0 Å². The average molecular weight is 210 g/mol.